The molecule has 0 radical (unpaired) electrons. The molecule has 1 amide bonds. The number of rotatable bonds is 8. The molecule has 2 aromatic carbocycles. The molecule has 0 bridgehead atoms. The summed E-state index contributed by atoms with van der Waals surface area (Å²) in [4.78, 5) is 13.2. The Morgan fingerprint density at radius 1 is 1.18 bits per heavy atom. The standard InChI is InChI=1S/C29H32N2O3/c1-18(2)34-17-20-9-12-26-24(15-20)27(19(3)31(26)13-6-14-32)25-16-30-29(33)28(25)23-11-10-21-7-4-5-8-22(21)23/h4-5,7-9,11-12,15,18,32H,6,10,13-14,16-17H2,1-3H3,(H,30,33). The predicted molar refractivity (Wildman–Crippen MR) is 136 cm³/mol. The van der Waals surface area contributed by atoms with Crippen molar-refractivity contribution in [1.29, 1.82) is 0 Å². The van der Waals surface area contributed by atoms with E-state index in [2.05, 4.69) is 59.3 Å². The molecule has 5 heteroatoms. The van der Waals surface area contributed by atoms with Crippen LogP contribution < -0.4 is 5.32 Å². The van der Waals surface area contributed by atoms with E-state index in [0.717, 1.165) is 63.0 Å². The molecule has 3 aromatic rings. The van der Waals surface area contributed by atoms with Gasteiger partial charge < -0.3 is 19.7 Å². The van der Waals surface area contributed by atoms with Crippen LogP contribution in [0.4, 0.5) is 0 Å². The third-order valence-electron chi connectivity index (χ3n) is 6.87. The Morgan fingerprint density at radius 3 is 2.79 bits per heavy atom. The smallest absolute Gasteiger partial charge is 0.252 e. The average molecular weight is 457 g/mol. The predicted octanol–water partition coefficient (Wildman–Crippen LogP) is 4.78. The Morgan fingerprint density at radius 2 is 2.00 bits per heavy atom. The fourth-order valence-electron chi connectivity index (χ4n) is 5.28. The first-order valence-corrected chi connectivity index (χ1v) is 12.1. The highest BCUT2D eigenvalue weighted by atomic mass is 16.5. The number of aliphatic hydroxyl groups is 1. The van der Waals surface area contributed by atoms with E-state index in [-0.39, 0.29) is 18.6 Å². The fourth-order valence-corrected chi connectivity index (χ4v) is 5.28. The fraction of sp³-hybridized carbons (Fsp3) is 0.345. The lowest BCUT2D eigenvalue weighted by molar-refractivity contribution is -0.116. The maximum absolute atomic E-state index is 13.2. The van der Waals surface area contributed by atoms with Crippen molar-refractivity contribution in [2.45, 2.75) is 52.9 Å². The zero-order valence-corrected chi connectivity index (χ0v) is 20.1. The van der Waals surface area contributed by atoms with Crippen molar-refractivity contribution in [3.8, 4) is 0 Å². The summed E-state index contributed by atoms with van der Waals surface area (Å²) >= 11 is 0. The number of hydrogen-bond acceptors (Lipinski definition) is 3. The zero-order chi connectivity index (χ0) is 23.8. The van der Waals surface area contributed by atoms with E-state index in [9.17, 15) is 9.90 Å². The summed E-state index contributed by atoms with van der Waals surface area (Å²) in [7, 11) is 0. The van der Waals surface area contributed by atoms with Crippen molar-refractivity contribution in [3.63, 3.8) is 0 Å². The van der Waals surface area contributed by atoms with Crippen molar-refractivity contribution in [2.75, 3.05) is 13.2 Å². The molecular weight excluding hydrogens is 424 g/mol. The van der Waals surface area contributed by atoms with Gasteiger partial charge in [0.15, 0.2) is 0 Å². The molecule has 34 heavy (non-hydrogen) atoms. The van der Waals surface area contributed by atoms with E-state index in [0.29, 0.717) is 19.6 Å². The number of nitrogens with one attached hydrogen (secondary N) is 1. The number of aromatic nitrogens is 1. The van der Waals surface area contributed by atoms with Gasteiger partial charge >= 0.3 is 0 Å². The highest BCUT2D eigenvalue weighted by Gasteiger charge is 2.32. The highest BCUT2D eigenvalue weighted by molar-refractivity contribution is 6.21. The molecule has 5 nitrogen and oxygen atoms in total. The summed E-state index contributed by atoms with van der Waals surface area (Å²) < 4.78 is 8.15. The molecule has 1 aromatic heterocycles. The number of amides is 1. The number of allylic oxidation sites excluding steroid dienone is 1. The van der Waals surface area contributed by atoms with Gasteiger partial charge in [0, 0.05) is 41.9 Å². The van der Waals surface area contributed by atoms with Gasteiger partial charge in [-0.3, -0.25) is 4.79 Å². The van der Waals surface area contributed by atoms with Gasteiger partial charge in [-0.05, 0) is 73.6 Å². The Balaban J connectivity index is 1.70. The van der Waals surface area contributed by atoms with Crippen LogP contribution in [0, 0.1) is 6.92 Å². The molecule has 0 saturated carbocycles. The molecule has 5 rings (SSSR count). The second kappa shape index (κ2) is 9.24. The maximum atomic E-state index is 13.2. The van der Waals surface area contributed by atoms with Gasteiger partial charge in [-0.15, -0.1) is 0 Å². The van der Waals surface area contributed by atoms with Crippen LogP contribution in [0.5, 0.6) is 0 Å². The summed E-state index contributed by atoms with van der Waals surface area (Å²) in [5.41, 5.74) is 9.79. The monoisotopic (exact) mass is 456 g/mol. The molecule has 0 atom stereocenters. The van der Waals surface area contributed by atoms with Gasteiger partial charge in [-0.25, -0.2) is 0 Å². The van der Waals surface area contributed by atoms with E-state index in [4.69, 9.17) is 4.74 Å². The summed E-state index contributed by atoms with van der Waals surface area (Å²) in [5, 5.41) is 13.7. The van der Waals surface area contributed by atoms with E-state index >= 15 is 0 Å². The average Bonchev–Trinajstić information content (AvgIpc) is 3.49. The Kier molecular flexibility index (Phi) is 6.15. The molecule has 1 aliphatic heterocycles. The summed E-state index contributed by atoms with van der Waals surface area (Å²) in [6.45, 7) is 8.15. The lowest BCUT2D eigenvalue weighted by atomic mass is 9.91. The second-order valence-corrected chi connectivity index (χ2v) is 9.42. The van der Waals surface area contributed by atoms with Gasteiger partial charge in [-0.1, -0.05) is 36.4 Å². The third-order valence-corrected chi connectivity index (χ3v) is 6.87. The molecule has 2 aliphatic rings. The Hall–Kier alpha value is -3.15. The highest BCUT2D eigenvalue weighted by Crippen LogP contribution is 2.42. The SMILES string of the molecule is Cc1c(C2=C(C3=CCc4ccccc43)C(=O)NC2)c2cc(COC(C)C)ccc2n1CCCO. The largest absolute Gasteiger partial charge is 0.396 e. The maximum Gasteiger partial charge on any atom is 0.252 e. The van der Waals surface area contributed by atoms with Crippen molar-refractivity contribution in [1.82, 2.24) is 9.88 Å². The van der Waals surface area contributed by atoms with Gasteiger partial charge in [0.1, 0.15) is 0 Å². The van der Waals surface area contributed by atoms with Crippen molar-refractivity contribution < 1.29 is 14.6 Å². The first kappa shape index (κ1) is 22.6. The van der Waals surface area contributed by atoms with Gasteiger partial charge in [0.2, 0.25) is 0 Å². The first-order valence-electron chi connectivity index (χ1n) is 12.1. The van der Waals surface area contributed by atoms with E-state index < -0.39 is 0 Å². The molecule has 0 saturated heterocycles. The van der Waals surface area contributed by atoms with Crippen molar-refractivity contribution in [2.24, 2.45) is 0 Å². The quantitative estimate of drug-likeness (QED) is 0.513. The lowest BCUT2D eigenvalue weighted by Crippen LogP contribution is -2.17. The van der Waals surface area contributed by atoms with Gasteiger partial charge in [0.25, 0.3) is 5.91 Å². The van der Waals surface area contributed by atoms with Crippen LogP contribution in [0.15, 0.2) is 54.1 Å². The molecule has 1 aliphatic carbocycles. The number of hydrogen-bond donors (Lipinski definition) is 2. The van der Waals surface area contributed by atoms with Crippen LogP contribution in [-0.2, 0) is 29.1 Å². The molecule has 0 unspecified atom stereocenters. The van der Waals surface area contributed by atoms with Crippen LogP contribution in [0.1, 0.15) is 48.2 Å². The molecular formula is C29H32N2O3. The van der Waals surface area contributed by atoms with E-state index in [1.807, 2.05) is 19.9 Å². The summed E-state index contributed by atoms with van der Waals surface area (Å²) in [6.07, 6.45) is 3.88. The number of aryl methyl sites for hydroxylation is 1. The van der Waals surface area contributed by atoms with Crippen LogP contribution in [-0.4, -0.2) is 34.8 Å². The van der Waals surface area contributed by atoms with Crippen LogP contribution in [0.25, 0.3) is 22.0 Å². The lowest BCUT2D eigenvalue weighted by Gasteiger charge is -2.11. The Labute approximate surface area is 200 Å². The normalized spacial score (nSPS) is 15.4. The minimum absolute atomic E-state index is 0.00657. The number of fused-ring (bicyclic) bond motifs is 2. The molecule has 176 valence electrons. The number of carbonyl (C=O) groups is 1. The van der Waals surface area contributed by atoms with Gasteiger partial charge in [-0.2, -0.15) is 0 Å². The molecule has 0 spiro atoms. The summed E-state index contributed by atoms with van der Waals surface area (Å²) in [6, 6.07) is 14.8. The number of aliphatic hydroxyl groups excluding tert-OH is 1. The first-order chi connectivity index (χ1) is 16.5. The minimum atomic E-state index is -0.00657. The molecule has 2 N–H and O–H groups in total. The van der Waals surface area contributed by atoms with Crippen LogP contribution in [0.3, 0.4) is 0 Å². The summed E-state index contributed by atoms with van der Waals surface area (Å²) in [5.74, 6) is -0.00657. The topological polar surface area (TPSA) is 63.5 Å². The van der Waals surface area contributed by atoms with E-state index in [1.165, 1.54) is 5.56 Å². The van der Waals surface area contributed by atoms with Crippen LogP contribution >= 0.6 is 0 Å². The van der Waals surface area contributed by atoms with Gasteiger partial charge in [0.05, 0.1) is 18.3 Å². The van der Waals surface area contributed by atoms with Crippen molar-refractivity contribution in [3.05, 3.63) is 82.1 Å². The zero-order valence-electron chi connectivity index (χ0n) is 20.1. The molecule has 2 heterocycles. The number of benzene rings is 2. The van der Waals surface area contributed by atoms with Crippen molar-refractivity contribution >= 4 is 28.0 Å². The minimum Gasteiger partial charge on any atom is -0.396 e. The Bertz CT molecular complexity index is 1330. The number of ether oxygens (including phenoxy) is 1. The number of nitrogens with zero attached hydrogens (tertiary/aromatic N) is 1. The second-order valence-electron chi connectivity index (χ2n) is 9.42. The van der Waals surface area contributed by atoms with E-state index in [1.54, 1.807) is 0 Å². The number of carbonyl (C=O) groups excluding carboxylic acids is 1. The van der Waals surface area contributed by atoms with Crippen LogP contribution in [0.2, 0.25) is 0 Å². The third kappa shape index (κ3) is 3.89. The molecule has 0 fully saturated rings.